The minimum atomic E-state index is -0.949. The summed E-state index contributed by atoms with van der Waals surface area (Å²) in [5.41, 5.74) is 0.726. The van der Waals surface area contributed by atoms with E-state index in [0.717, 1.165) is 5.82 Å². The number of carboxylic acid groups (broad SMARTS) is 1. The molecule has 0 bridgehead atoms. The highest BCUT2D eigenvalue weighted by molar-refractivity contribution is 5.87. The number of carbonyl (C=O) groups is 1. The van der Waals surface area contributed by atoms with E-state index in [2.05, 4.69) is 10.2 Å². The van der Waals surface area contributed by atoms with Crippen molar-refractivity contribution in [2.75, 3.05) is 0 Å². The first-order valence-corrected chi connectivity index (χ1v) is 4.98. The van der Waals surface area contributed by atoms with Crippen LogP contribution in [-0.2, 0) is 5.41 Å². The van der Waals surface area contributed by atoms with Crippen LogP contribution in [0.4, 0.5) is 0 Å². The first-order chi connectivity index (χ1) is 7.39. The van der Waals surface area contributed by atoms with Gasteiger partial charge in [-0.1, -0.05) is 20.8 Å². The summed E-state index contributed by atoms with van der Waals surface area (Å²) >= 11 is 0. The van der Waals surface area contributed by atoms with Gasteiger partial charge in [-0.05, 0) is 12.1 Å². The average Bonchev–Trinajstić information content (AvgIpc) is 2.58. The maximum absolute atomic E-state index is 10.9. The Morgan fingerprint density at radius 1 is 1.31 bits per heavy atom. The van der Waals surface area contributed by atoms with Gasteiger partial charge in [0, 0.05) is 11.6 Å². The minimum Gasteiger partial charge on any atom is -0.478 e. The highest BCUT2D eigenvalue weighted by Gasteiger charge is 2.21. The zero-order valence-electron chi connectivity index (χ0n) is 9.43. The lowest BCUT2D eigenvalue weighted by atomic mass is 9.96. The average molecular weight is 219 g/mol. The Morgan fingerprint density at radius 2 is 2.00 bits per heavy atom. The fourth-order valence-electron chi connectivity index (χ4n) is 1.53. The van der Waals surface area contributed by atoms with Gasteiger partial charge in [0.05, 0.1) is 5.56 Å². The molecule has 0 saturated carbocycles. The topological polar surface area (TPSA) is 67.5 Å². The van der Waals surface area contributed by atoms with Gasteiger partial charge in [-0.25, -0.2) is 4.79 Å². The van der Waals surface area contributed by atoms with Crippen LogP contribution < -0.4 is 0 Å². The number of pyridine rings is 1. The second-order valence-corrected chi connectivity index (χ2v) is 4.72. The molecule has 2 heterocycles. The second-order valence-electron chi connectivity index (χ2n) is 4.72. The van der Waals surface area contributed by atoms with E-state index < -0.39 is 5.97 Å². The van der Waals surface area contributed by atoms with E-state index in [1.54, 1.807) is 16.7 Å². The third kappa shape index (κ3) is 1.64. The summed E-state index contributed by atoms with van der Waals surface area (Å²) in [6.07, 6.45) is 1.55. The third-order valence-electron chi connectivity index (χ3n) is 2.32. The number of carboxylic acids is 1. The lowest BCUT2D eigenvalue weighted by Crippen LogP contribution is -2.16. The van der Waals surface area contributed by atoms with Crippen LogP contribution in [0.25, 0.3) is 5.65 Å². The Labute approximate surface area is 92.7 Å². The van der Waals surface area contributed by atoms with Crippen LogP contribution in [-0.4, -0.2) is 25.7 Å². The SMILES string of the molecule is CC(C)(C)c1nnc2ccc(C(=O)O)cn12. The first-order valence-electron chi connectivity index (χ1n) is 4.98. The fourth-order valence-corrected chi connectivity index (χ4v) is 1.53. The van der Waals surface area contributed by atoms with Crippen molar-refractivity contribution in [1.82, 2.24) is 14.6 Å². The van der Waals surface area contributed by atoms with E-state index in [4.69, 9.17) is 5.11 Å². The van der Waals surface area contributed by atoms with E-state index in [0.29, 0.717) is 5.65 Å². The molecule has 0 fully saturated rings. The Kier molecular flexibility index (Phi) is 2.18. The maximum Gasteiger partial charge on any atom is 0.337 e. The molecule has 16 heavy (non-hydrogen) atoms. The molecular formula is C11H13N3O2. The molecule has 0 amide bonds. The summed E-state index contributed by atoms with van der Waals surface area (Å²) < 4.78 is 1.73. The minimum absolute atomic E-state index is 0.170. The quantitative estimate of drug-likeness (QED) is 0.793. The summed E-state index contributed by atoms with van der Waals surface area (Å²) in [7, 11) is 0. The second kappa shape index (κ2) is 3.30. The molecule has 0 aromatic carbocycles. The predicted octanol–water partition coefficient (Wildman–Crippen LogP) is 1.73. The standard InChI is InChI=1S/C11H13N3O2/c1-11(2,3)10-13-12-8-5-4-7(9(15)16)6-14(8)10/h4-6H,1-3H3,(H,15,16). The van der Waals surface area contributed by atoms with E-state index in [9.17, 15) is 4.79 Å². The number of nitrogens with zero attached hydrogens (tertiary/aromatic N) is 3. The van der Waals surface area contributed by atoms with Crippen LogP contribution in [0.1, 0.15) is 37.0 Å². The van der Waals surface area contributed by atoms with Crippen LogP contribution in [0, 0.1) is 0 Å². The molecule has 84 valence electrons. The monoisotopic (exact) mass is 219 g/mol. The summed E-state index contributed by atoms with van der Waals surface area (Å²) in [6, 6.07) is 3.18. The van der Waals surface area contributed by atoms with Crippen LogP contribution in [0.2, 0.25) is 0 Å². The van der Waals surface area contributed by atoms with Gasteiger partial charge in [0.15, 0.2) is 5.65 Å². The van der Waals surface area contributed by atoms with Gasteiger partial charge < -0.3 is 5.11 Å². The Bertz CT molecular complexity index is 552. The summed E-state index contributed by atoms with van der Waals surface area (Å²) in [5, 5.41) is 17.0. The van der Waals surface area contributed by atoms with Crippen molar-refractivity contribution in [2.24, 2.45) is 0 Å². The van der Waals surface area contributed by atoms with Gasteiger partial charge in [-0.3, -0.25) is 4.40 Å². The fraction of sp³-hybridized carbons (Fsp3) is 0.364. The largest absolute Gasteiger partial charge is 0.478 e. The van der Waals surface area contributed by atoms with Crippen molar-refractivity contribution in [3.63, 3.8) is 0 Å². The van der Waals surface area contributed by atoms with Crippen molar-refractivity contribution in [3.8, 4) is 0 Å². The molecule has 5 heteroatoms. The van der Waals surface area contributed by atoms with Crippen molar-refractivity contribution < 1.29 is 9.90 Å². The van der Waals surface area contributed by atoms with Crippen LogP contribution in [0.5, 0.6) is 0 Å². The summed E-state index contributed by atoms with van der Waals surface area (Å²) in [4.78, 5) is 10.9. The van der Waals surface area contributed by atoms with E-state index in [1.165, 1.54) is 6.07 Å². The van der Waals surface area contributed by atoms with Crippen molar-refractivity contribution in [1.29, 1.82) is 0 Å². The molecule has 2 aromatic heterocycles. The zero-order chi connectivity index (χ0) is 11.9. The van der Waals surface area contributed by atoms with Crippen molar-refractivity contribution in [3.05, 3.63) is 29.7 Å². The molecule has 0 radical (unpaired) electrons. The number of fused-ring (bicyclic) bond motifs is 1. The summed E-state index contributed by atoms with van der Waals surface area (Å²) in [6.45, 7) is 6.03. The van der Waals surface area contributed by atoms with Crippen molar-refractivity contribution >= 4 is 11.6 Å². The van der Waals surface area contributed by atoms with Gasteiger partial charge in [0.2, 0.25) is 0 Å². The molecule has 2 rings (SSSR count). The Hall–Kier alpha value is -1.91. The zero-order valence-corrected chi connectivity index (χ0v) is 9.43. The highest BCUT2D eigenvalue weighted by Crippen LogP contribution is 2.21. The number of hydrogen-bond acceptors (Lipinski definition) is 3. The van der Waals surface area contributed by atoms with Gasteiger partial charge in [0.25, 0.3) is 0 Å². The van der Waals surface area contributed by atoms with Crippen molar-refractivity contribution in [2.45, 2.75) is 26.2 Å². The lowest BCUT2D eigenvalue weighted by molar-refractivity contribution is 0.0696. The van der Waals surface area contributed by atoms with Gasteiger partial charge >= 0.3 is 5.97 Å². The molecule has 0 aliphatic rings. The first kappa shape index (κ1) is 10.6. The molecule has 1 N–H and O–H groups in total. The van der Waals surface area contributed by atoms with Crippen LogP contribution >= 0.6 is 0 Å². The Balaban J connectivity index is 2.70. The molecule has 0 unspecified atom stereocenters. The molecule has 5 nitrogen and oxygen atoms in total. The van der Waals surface area contributed by atoms with Gasteiger partial charge in [0.1, 0.15) is 5.82 Å². The molecule has 0 spiro atoms. The third-order valence-corrected chi connectivity index (χ3v) is 2.32. The van der Waals surface area contributed by atoms with Gasteiger partial charge in [-0.15, -0.1) is 10.2 Å². The van der Waals surface area contributed by atoms with Gasteiger partial charge in [-0.2, -0.15) is 0 Å². The Morgan fingerprint density at radius 3 is 2.56 bits per heavy atom. The lowest BCUT2D eigenvalue weighted by Gasteiger charge is -2.15. The van der Waals surface area contributed by atoms with E-state index in [1.807, 2.05) is 20.8 Å². The molecule has 0 aliphatic heterocycles. The molecular weight excluding hydrogens is 206 g/mol. The molecule has 0 atom stereocenters. The molecule has 0 aliphatic carbocycles. The van der Waals surface area contributed by atoms with E-state index >= 15 is 0 Å². The normalized spacial score (nSPS) is 11.9. The number of hydrogen-bond donors (Lipinski definition) is 1. The number of aromatic nitrogens is 3. The highest BCUT2D eigenvalue weighted by atomic mass is 16.4. The smallest absolute Gasteiger partial charge is 0.337 e. The van der Waals surface area contributed by atoms with E-state index in [-0.39, 0.29) is 11.0 Å². The molecule has 2 aromatic rings. The van der Waals surface area contributed by atoms with Crippen LogP contribution in [0.15, 0.2) is 18.3 Å². The number of rotatable bonds is 1. The summed E-state index contributed by atoms with van der Waals surface area (Å²) in [5.74, 6) is -0.193. The maximum atomic E-state index is 10.9. The number of aromatic carboxylic acids is 1. The molecule has 0 saturated heterocycles. The predicted molar refractivity (Wildman–Crippen MR) is 58.6 cm³/mol. The van der Waals surface area contributed by atoms with Crippen LogP contribution in [0.3, 0.4) is 0 Å².